The van der Waals surface area contributed by atoms with Crippen molar-refractivity contribution in [1.82, 2.24) is 0 Å². The molecule has 0 aromatic heterocycles. The second kappa shape index (κ2) is 4.58. The first-order valence-corrected chi connectivity index (χ1v) is 7.24. The van der Waals surface area contributed by atoms with E-state index in [1.807, 2.05) is 0 Å². The Balaban J connectivity index is 1.63. The van der Waals surface area contributed by atoms with Gasteiger partial charge in [-0.05, 0) is 24.8 Å². The number of hydrogen-bond donors (Lipinski definition) is 0. The van der Waals surface area contributed by atoms with Gasteiger partial charge in [0.1, 0.15) is 0 Å². The van der Waals surface area contributed by atoms with Gasteiger partial charge in [0.15, 0.2) is 0 Å². The molecule has 0 amide bonds. The highest BCUT2D eigenvalue weighted by atomic mass is 16.6. The van der Waals surface area contributed by atoms with E-state index in [1.54, 1.807) is 0 Å². The molecule has 3 fully saturated rings. The smallest absolute Gasteiger partial charge is 0.0818 e. The van der Waals surface area contributed by atoms with Gasteiger partial charge in [0, 0.05) is 5.41 Å². The highest BCUT2D eigenvalue weighted by molar-refractivity contribution is 5.27. The molecule has 19 heavy (non-hydrogen) atoms. The molecule has 3 aliphatic heterocycles. The molecule has 3 saturated heterocycles. The Kier molecular flexibility index (Phi) is 2.87. The van der Waals surface area contributed by atoms with E-state index in [0.717, 1.165) is 39.1 Å². The Morgan fingerprint density at radius 2 is 1.21 bits per heavy atom. The van der Waals surface area contributed by atoms with Crippen molar-refractivity contribution in [2.45, 2.75) is 43.0 Å². The van der Waals surface area contributed by atoms with Gasteiger partial charge >= 0.3 is 0 Å². The monoisotopic (exact) mass is 260 g/mol. The summed E-state index contributed by atoms with van der Waals surface area (Å²) in [5.74, 6) is 0. The molecule has 1 aromatic carbocycles. The van der Waals surface area contributed by atoms with Gasteiger partial charge in [0.2, 0.25) is 0 Å². The van der Waals surface area contributed by atoms with Crippen LogP contribution in [0.5, 0.6) is 0 Å². The van der Waals surface area contributed by atoms with Gasteiger partial charge in [-0.3, -0.25) is 0 Å². The molecule has 1 aromatic rings. The van der Waals surface area contributed by atoms with Crippen molar-refractivity contribution in [3.05, 3.63) is 35.9 Å². The summed E-state index contributed by atoms with van der Waals surface area (Å²) in [6.07, 6.45) is 4.65. The zero-order valence-electron chi connectivity index (χ0n) is 11.1. The molecule has 0 bridgehead atoms. The predicted octanol–water partition coefficient (Wildman–Crippen LogP) is 2.29. The summed E-state index contributed by atoms with van der Waals surface area (Å²) in [4.78, 5) is 0. The van der Waals surface area contributed by atoms with Crippen LogP contribution in [0.15, 0.2) is 30.3 Å². The van der Waals surface area contributed by atoms with E-state index in [9.17, 15) is 0 Å². The van der Waals surface area contributed by atoms with E-state index in [-0.39, 0.29) is 5.41 Å². The number of hydrogen-bond acceptors (Lipinski definition) is 3. The zero-order chi connectivity index (χ0) is 12.7. The lowest BCUT2D eigenvalue weighted by molar-refractivity contribution is 0.232. The molecule has 3 heterocycles. The van der Waals surface area contributed by atoms with Crippen LogP contribution in [0.4, 0.5) is 0 Å². The van der Waals surface area contributed by atoms with Crippen LogP contribution in [-0.2, 0) is 19.6 Å². The number of benzene rings is 1. The Hall–Kier alpha value is -0.900. The van der Waals surface area contributed by atoms with Gasteiger partial charge in [-0.1, -0.05) is 30.3 Å². The van der Waals surface area contributed by atoms with Crippen molar-refractivity contribution >= 4 is 0 Å². The topological polar surface area (TPSA) is 37.6 Å². The summed E-state index contributed by atoms with van der Waals surface area (Å²) in [6, 6.07) is 10.9. The van der Waals surface area contributed by atoms with E-state index in [4.69, 9.17) is 14.2 Å². The maximum atomic E-state index is 5.51. The van der Waals surface area contributed by atoms with E-state index >= 15 is 0 Å². The lowest BCUT2D eigenvalue weighted by atomic mass is 9.70. The predicted molar refractivity (Wildman–Crippen MR) is 71.2 cm³/mol. The molecule has 3 heteroatoms. The highest BCUT2D eigenvalue weighted by Crippen LogP contribution is 2.45. The highest BCUT2D eigenvalue weighted by Gasteiger charge is 2.46. The standard InChI is InChI=1S/C16H20O3/c1-2-4-12(5-3-1)16(6-13-9-17-13,7-14-10-18-14)8-15-11-19-15/h1-5,13-15H,6-11H2. The van der Waals surface area contributed by atoms with Crippen LogP contribution in [0.3, 0.4) is 0 Å². The maximum Gasteiger partial charge on any atom is 0.0818 e. The fourth-order valence-electron chi connectivity index (χ4n) is 3.26. The minimum Gasteiger partial charge on any atom is -0.373 e. The van der Waals surface area contributed by atoms with Gasteiger partial charge < -0.3 is 14.2 Å². The summed E-state index contributed by atoms with van der Waals surface area (Å²) in [5, 5.41) is 0. The lowest BCUT2D eigenvalue weighted by Crippen LogP contribution is -2.32. The van der Waals surface area contributed by atoms with Gasteiger partial charge in [0.25, 0.3) is 0 Å². The first-order valence-electron chi connectivity index (χ1n) is 7.24. The molecule has 3 unspecified atom stereocenters. The minimum absolute atomic E-state index is 0.171. The van der Waals surface area contributed by atoms with Crippen LogP contribution >= 0.6 is 0 Å². The third kappa shape index (κ3) is 2.83. The zero-order valence-corrected chi connectivity index (χ0v) is 11.1. The fraction of sp³-hybridized carbons (Fsp3) is 0.625. The molecule has 102 valence electrons. The summed E-state index contributed by atoms with van der Waals surface area (Å²) < 4.78 is 16.5. The number of ether oxygens (including phenoxy) is 3. The molecule has 0 spiro atoms. The molecule has 4 rings (SSSR count). The Bertz CT molecular complexity index is 397. The molecule has 3 atom stereocenters. The van der Waals surface area contributed by atoms with Gasteiger partial charge in [0.05, 0.1) is 38.1 Å². The quantitative estimate of drug-likeness (QED) is 0.706. The van der Waals surface area contributed by atoms with Crippen LogP contribution < -0.4 is 0 Å². The molecule has 0 N–H and O–H groups in total. The largest absolute Gasteiger partial charge is 0.373 e. The first kappa shape index (κ1) is 11.9. The Morgan fingerprint density at radius 1 is 0.789 bits per heavy atom. The summed E-state index contributed by atoms with van der Waals surface area (Å²) >= 11 is 0. The summed E-state index contributed by atoms with van der Waals surface area (Å²) in [7, 11) is 0. The van der Waals surface area contributed by atoms with E-state index < -0.39 is 0 Å². The first-order chi connectivity index (χ1) is 9.34. The molecule has 3 nitrogen and oxygen atoms in total. The summed E-state index contributed by atoms with van der Waals surface area (Å²) in [6.45, 7) is 2.77. The van der Waals surface area contributed by atoms with Gasteiger partial charge in [-0.2, -0.15) is 0 Å². The Labute approximate surface area is 113 Å². The minimum atomic E-state index is 0.171. The van der Waals surface area contributed by atoms with Gasteiger partial charge in [-0.25, -0.2) is 0 Å². The van der Waals surface area contributed by atoms with E-state index in [0.29, 0.717) is 18.3 Å². The van der Waals surface area contributed by atoms with Crippen LogP contribution in [0.25, 0.3) is 0 Å². The van der Waals surface area contributed by atoms with Crippen LogP contribution in [0, 0.1) is 0 Å². The average molecular weight is 260 g/mol. The normalized spacial score (nSPS) is 34.6. The van der Waals surface area contributed by atoms with Crippen molar-refractivity contribution in [2.24, 2.45) is 0 Å². The maximum absolute atomic E-state index is 5.51. The number of rotatable bonds is 7. The van der Waals surface area contributed by atoms with E-state index in [2.05, 4.69) is 30.3 Å². The third-order valence-corrected chi connectivity index (χ3v) is 4.45. The SMILES string of the molecule is c1ccc(C(CC2CO2)(CC2CO2)CC2CO2)cc1. The average Bonchev–Trinajstić information content (AvgIpc) is 3.21. The van der Waals surface area contributed by atoms with Crippen LogP contribution in [-0.4, -0.2) is 38.1 Å². The van der Waals surface area contributed by atoms with Crippen molar-refractivity contribution in [1.29, 1.82) is 0 Å². The molecule has 0 saturated carbocycles. The van der Waals surface area contributed by atoms with Gasteiger partial charge in [-0.15, -0.1) is 0 Å². The van der Waals surface area contributed by atoms with Crippen molar-refractivity contribution in [3.63, 3.8) is 0 Å². The molecule has 0 radical (unpaired) electrons. The van der Waals surface area contributed by atoms with Crippen molar-refractivity contribution in [2.75, 3.05) is 19.8 Å². The summed E-state index contributed by atoms with van der Waals surface area (Å²) in [5.41, 5.74) is 1.60. The van der Waals surface area contributed by atoms with Crippen LogP contribution in [0.2, 0.25) is 0 Å². The molecule has 0 aliphatic carbocycles. The molecular formula is C16H20O3. The Morgan fingerprint density at radius 3 is 1.58 bits per heavy atom. The second-order valence-corrected chi connectivity index (χ2v) is 6.12. The van der Waals surface area contributed by atoms with Crippen molar-refractivity contribution < 1.29 is 14.2 Å². The lowest BCUT2D eigenvalue weighted by Gasteiger charge is -2.33. The molecule has 3 aliphatic rings. The molecular weight excluding hydrogens is 240 g/mol. The van der Waals surface area contributed by atoms with E-state index in [1.165, 1.54) is 5.56 Å². The second-order valence-electron chi connectivity index (χ2n) is 6.12. The fourth-order valence-corrected chi connectivity index (χ4v) is 3.26. The van der Waals surface area contributed by atoms with Crippen LogP contribution in [0.1, 0.15) is 24.8 Å². The number of epoxide rings is 3. The van der Waals surface area contributed by atoms with Crippen molar-refractivity contribution in [3.8, 4) is 0 Å². The third-order valence-electron chi connectivity index (χ3n) is 4.45.